The third-order valence-corrected chi connectivity index (χ3v) is 3.13. The Kier molecular flexibility index (Phi) is 2.76. The lowest BCUT2D eigenvalue weighted by atomic mass is 9.95. The summed E-state index contributed by atoms with van der Waals surface area (Å²) >= 11 is 0. The zero-order chi connectivity index (χ0) is 12.6. The molecule has 2 aromatic rings. The van der Waals surface area contributed by atoms with Crippen molar-refractivity contribution in [3.63, 3.8) is 0 Å². The van der Waals surface area contributed by atoms with E-state index in [0.29, 0.717) is 0 Å². The molecule has 2 rings (SSSR count). The van der Waals surface area contributed by atoms with Gasteiger partial charge in [0.25, 0.3) is 5.56 Å². The van der Waals surface area contributed by atoms with E-state index in [1.165, 1.54) is 6.07 Å². The molecular weight excluding hydrogens is 214 g/mol. The highest BCUT2D eigenvalue weighted by Crippen LogP contribution is 2.32. The smallest absolute Gasteiger partial charge is 0.250 e. The van der Waals surface area contributed by atoms with E-state index < -0.39 is 0 Å². The summed E-state index contributed by atoms with van der Waals surface area (Å²) in [5, 5.41) is 10.8. The molecule has 1 aromatic heterocycles. The van der Waals surface area contributed by atoms with Gasteiger partial charge in [-0.2, -0.15) is 0 Å². The van der Waals surface area contributed by atoms with Crippen molar-refractivity contribution in [3.8, 4) is 5.75 Å². The Balaban J connectivity index is 2.92. The van der Waals surface area contributed by atoms with Crippen LogP contribution in [0.4, 0.5) is 0 Å². The molecule has 0 amide bonds. The predicted octanol–water partition coefficient (Wildman–Crippen LogP) is 2.53. The highest BCUT2D eigenvalue weighted by Gasteiger charge is 2.13. The molecule has 1 heterocycles. The molecule has 0 aliphatic carbocycles. The number of aryl methyl sites for hydroxylation is 1. The van der Waals surface area contributed by atoms with E-state index in [1.54, 1.807) is 35.9 Å². The summed E-state index contributed by atoms with van der Waals surface area (Å²) in [7, 11) is 1.73. The van der Waals surface area contributed by atoms with Gasteiger partial charge in [0.05, 0.1) is 5.52 Å². The number of hydrogen-bond donors (Lipinski definition) is 1. The minimum atomic E-state index is -0.0552. The van der Waals surface area contributed by atoms with E-state index in [1.807, 2.05) is 6.92 Å². The molecule has 1 atom stereocenters. The molecule has 0 aliphatic rings. The Labute approximate surface area is 99.6 Å². The summed E-state index contributed by atoms with van der Waals surface area (Å²) in [5.41, 5.74) is 1.58. The quantitative estimate of drug-likeness (QED) is 0.804. The molecule has 3 heteroatoms. The number of nitrogens with zero attached hydrogens (tertiary/aromatic N) is 1. The number of fused-ring (bicyclic) bond motifs is 1. The molecule has 0 radical (unpaired) electrons. The van der Waals surface area contributed by atoms with Crippen molar-refractivity contribution in [2.45, 2.75) is 12.8 Å². The summed E-state index contributed by atoms with van der Waals surface area (Å²) in [6.07, 6.45) is 1.78. The van der Waals surface area contributed by atoms with Crippen LogP contribution in [0.25, 0.3) is 10.9 Å². The summed E-state index contributed by atoms with van der Waals surface area (Å²) in [4.78, 5) is 11.5. The molecule has 0 spiro atoms. The van der Waals surface area contributed by atoms with Crippen LogP contribution < -0.4 is 5.56 Å². The van der Waals surface area contributed by atoms with Crippen molar-refractivity contribution in [2.75, 3.05) is 0 Å². The summed E-state index contributed by atoms with van der Waals surface area (Å²) < 4.78 is 1.58. The predicted molar refractivity (Wildman–Crippen MR) is 69.5 cm³/mol. The van der Waals surface area contributed by atoms with E-state index in [2.05, 4.69) is 6.58 Å². The maximum atomic E-state index is 11.5. The average Bonchev–Trinajstić information content (AvgIpc) is 2.33. The Morgan fingerprint density at radius 3 is 2.71 bits per heavy atom. The standard InChI is InChI=1S/C14H15NO2/c1-4-9(2)14-10-5-8-13(17)15(3)11(10)6-7-12(14)16/h4-9,16H,1H2,2-3H3. The fourth-order valence-corrected chi connectivity index (χ4v) is 2.06. The maximum absolute atomic E-state index is 11.5. The lowest BCUT2D eigenvalue weighted by Crippen LogP contribution is -2.15. The fraction of sp³-hybridized carbons (Fsp3) is 0.214. The largest absolute Gasteiger partial charge is 0.508 e. The third-order valence-electron chi connectivity index (χ3n) is 3.13. The first-order valence-electron chi connectivity index (χ1n) is 5.50. The highest BCUT2D eigenvalue weighted by molar-refractivity contribution is 5.85. The summed E-state index contributed by atoms with van der Waals surface area (Å²) in [6.45, 7) is 5.71. The number of aromatic hydroxyl groups is 1. The van der Waals surface area contributed by atoms with Crippen LogP contribution in [0.2, 0.25) is 0 Å². The maximum Gasteiger partial charge on any atom is 0.250 e. The molecule has 0 saturated carbocycles. The fourth-order valence-electron chi connectivity index (χ4n) is 2.06. The zero-order valence-electron chi connectivity index (χ0n) is 9.97. The van der Waals surface area contributed by atoms with Gasteiger partial charge in [-0.3, -0.25) is 4.79 Å². The number of hydrogen-bond acceptors (Lipinski definition) is 2. The van der Waals surface area contributed by atoms with Crippen LogP contribution in [-0.2, 0) is 7.05 Å². The number of phenols is 1. The van der Waals surface area contributed by atoms with E-state index in [-0.39, 0.29) is 17.2 Å². The first-order valence-corrected chi connectivity index (χ1v) is 5.50. The van der Waals surface area contributed by atoms with Gasteiger partial charge in [-0.05, 0) is 18.2 Å². The van der Waals surface area contributed by atoms with Gasteiger partial charge in [0.2, 0.25) is 0 Å². The second kappa shape index (κ2) is 4.09. The van der Waals surface area contributed by atoms with Crippen molar-refractivity contribution >= 4 is 10.9 Å². The second-order valence-corrected chi connectivity index (χ2v) is 4.19. The van der Waals surface area contributed by atoms with E-state index >= 15 is 0 Å². The van der Waals surface area contributed by atoms with E-state index in [0.717, 1.165) is 16.5 Å². The number of allylic oxidation sites excluding steroid dienone is 1. The van der Waals surface area contributed by atoms with Gasteiger partial charge in [-0.15, -0.1) is 6.58 Å². The molecule has 0 fully saturated rings. The minimum Gasteiger partial charge on any atom is -0.508 e. The molecule has 0 saturated heterocycles. The Morgan fingerprint density at radius 1 is 1.35 bits per heavy atom. The lowest BCUT2D eigenvalue weighted by molar-refractivity contribution is 0.468. The van der Waals surface area contributed by atoms with Gasteiger partial charge in [-0.25, -0.2) is 0 Å². The van der Waals surface area contributed by atoms with Crippen LogP contribution in [0.1, 0.15) is 18.4 Å². The molecule has 1 N–H and O–H groups in total. The van der Waals surface area contributed by atoms with Gasteiger partial charge in [-0.1, -0.05) is 13.0 Å². The molecule has 3 nitrogen and oxygen atoms in total. The highest BCUT2D eigenvalue weighted by atomic mass is 16.3. The first kappa shape index (κ1) is 11.5. The number of phenolic OH excluding ortho intramolecular Hbond substituents is 1. The zero-order valence-corrected chi connectivity index (χ0v) is 9.97. The Bertz CT molecular complexity index is 640. The molecule has 1 unspecified atom stereocenters. The average molecular weight is 229 g/mol. The molecule has 88 valence electrons. The normalized spacial score (nSPS) is 12.6. The monoisotopic (exact) mass is 229 g/mol. The van der Waals surface area contributed by atoms with E-state index in [4.69, 9.17) is 0 Å². The minimum absolute atomic E-state index is 0.0382. The lowest BCUT2D eigenvalue weighted by Gasteiger charge is -2.14. The molecule has 1 aromatic carbocycles. The Hall–Kier alpha value is -2.03. The molecular formula is C14H15NO2. The number of rotatable bonds is 2. The number of aromatic nitrogens is 1. The van der Waals surface area contributed by atoms with Crippen LogP contribution in [0.15, 0.2) is 41.7 Å². The van der Waals surface area contributed by atoms with Crippen LogP contribution in [0.3, 0.4) is 0 Å². The van der Waals surface area contributed by atoms with Gasteiger partial charge in [0.15, 0.2) is 0 Å². The van der Waals surface area contributed by atoms with Crippen LogP contribution in [0.5, 0.6) is 5.75 Å². The molecule has 0 bridgehead atoms. The van der Waals surface area contributed by atoms with Crippen molar-refractivity contribution in [3.05, 3.63) is 52.8 Å². The topological polar surface area (TPSA) is 42.2 Å². The number of pyridine rings is 1. The SMILES string of the molecule is C=CC(C)c1c(O)ccc2c1ccc(=O)n2C. The summed E-state index contributed by atoms with van der Waals surface area (Å²) in [6, 6.07) is 6.65. The van der Waals surface area contributed by atoms with Crippen LogP contribution in [0, 0.1) is 0 Å². The van der Waals surface area contributed by atoms with Gasteiger partial charge in [0.1, 0.15) is 5.75 Å². The van der Waals surface area contributed by atoms with Crippen molar-refractivity contribution < 1.29 is 5.11 Å². The van der Waals surface area contributed by atoms with Crippen molar-refractivity contribution in [2.24, 2.45) is 7.05 Å². The second-order valence-electron chi connectivity index (χ2n) is 4.19. The van der Waals surface area contributed by atoms with Crippen LogP contribution in [-0.4, -0.2) is 9.67 Å². The van der Waals surface area contributed by atoms with Crippen molar-refractivity contribution in [1.29, 1.82) is 0 Å². The van der Waals surface area contributed by atoms with E-state index in [9.17, 15) is 9.90 Å². The molecule has 0 aliphatic heterocycles. The first-order chi connectivity index (χ1) is 8.06. The van der Waals surface area contributed by atoms with Gasteiger partial charge < -0.3 is 9.67 Å². The third kappa shape index (κ3) is 1.73. The summed E-state index contributed by atoms with van der Waals surface area (Å²) in [5.74, 6) is 0.278. The Morgan fingerprint density at radius 2 is 2.06 bits per heavy atom. The van der Waals surface area contributed by atoms with Crippen LogP contribution >= 0.6 is 0 Å². The molecule has 17 heavy (non-hydrogen) atoms. The van der Waals surface area contributed by atoms with Crippen molar-refractivity contribution in [1.82, 2.24) is 4.57 Å². The van der Waals surface area contributed by atoms with Gasteiger partial charge >= 0.3 is 0 Å². The van der Waals surface area contributed by atoms with Gasteiger partial charge in [0, 0.05) is 30.0 Å². The number of benzene rings is 1.